The molecule has 2 amide bonds. The number of piperazine rings is 1. The first-order valence-electron chi connectivity index (χ1n) is 7.73. The number of hydrogen-bond donors (Lipinski definition) is 0. The van der Waals surface area contributed by atoms with Gasteiger partial charge in [-0.3, -0.25) is 9.59 Å². The minimum Gasteiger partial charge on any atom is -0.464 e. The highest BCUT2D eigenvalue weighted by Gasteiger charge is 2.48. The fourth-order valence-corrected chi connectivity index (χ4v) is 3.57. The van der Waals surface area contributed by atoms with E-state index >= 15 is 0 Å². The third-order valence-corrected chi connectivity index (χ3v) is 4.67. The summed E-state index contributed by atoms with van der Waals surface area (Å²) in [6.07, 6.45) is 2.33. The van der Waals surface area contributed by atoms with Gasteiger partial charge in [0.25, 0.3) is 0 Å². The van der Waals surface area contributed by atoms with Gasteiger partial charge in [-0.2, -0.15) is 0 Å². The van der Waals surface area contributed by atoms with Crippen molar-refractivity contribution in [3.63, 3.8) is 0 Å². The second-order valence-electron chi connectivity index (χ2n) is 5.98. The standard InChI is InChI=1S/C16H22N2O3/c1-4-12-15(19)17-9-5-6-13(17)16(20)18(12)11(3)14-8-7-10(2)21-14/h7-8,11-13H,4-6,9H2,1-3H3. The summed E-state index contributed by atoms with van der Waals surface area (Å²) in [6, 6.07) is 2.95. The maximum Gasteiger partial charge on any atom is 0.246 e. The highest BCUT2D eigenvalue weighted by Crippen LogP contribution is 2.34. The summed E-state index contributed by atoms with van der Waals surface area (Å²) in [4.78, 5) is 29.0. The van der Waals surface area contributed by atoms with E-state index in [2.05, 4.69) is 0 Å². The van der Waals surface area contributed by atoms with Gasteiger partial charge in [-0.1, -0.05) is 6.92 Å². The van der Waals surface area contributed by atoms with Crippen LogP contribution in [0.3, 0.4) is 0 Å². The largest absolute Gasteiger partial charge is 0.464 e. The molecule has 21 heavy (non-hydrogen) atoms. The summed E-state index contributed by atoms with van der Waals surface area (Å²) in [5.41, 5.74) is 0. The van der Waals surface area contributed by atoms with Gasteiger partial charge >= 0.3 is 0 Å². The van der Waals surface area contributed by atoms with Gasteiger partial charge in [-0.25, -0.2) is 0 Å². The Hall–Kier alpha value is -1.78. The molecular weight excluding hydrogens is 268 g/mol. The molecule has 2 saturated heterocycles. The number of aryl methyl sites for hydroxylation is 1. The third-order valence-electron chi connectivity index (χ3n) is 4.67. The average molecular weight is 290 g/mol. The second-order valence-corrected chi connectivity index (χ2v) is 5.98. The van der Waals surface area contributed by atoms with Gasteiger partial charge in [0.05, 0.1) is 6.04 Å². The van der Waals surface area contributed by atoms with E-state index in [9.17, 15) is 9.59 Å². The quantitative estimate of drug-likeness (QED) is 0.858. The molecule has 3 atom stereocenters. The van der Waals surface area contributed by atoms with E-state index in [1.54, 1.807) is 9.80 Å². The Morgan fingerprint density at radius 1 is 1.33 bits per heavy atom. The van der Waals surface area contributed by atoms with Gasteiger partial charge < -0.3 is 14.2 Å². The van der Waals surface area contributed by atoms with Crippen molar-refractivity contribution in [2.75, 3.05) is 6.54 Å². The lowest BCUT2D eigenvalue weighted by atomic mass is 10.00. The number of rotatable bonds is 3. The molecule has 0 spiro atoms. The van der Waals surface area contributed by atoms with Crippen molar-refractivity contribution in [2.24, 2.45) is 0 Å². The fraction of sp³-hybridized carbons (Fsp3) is 0.625. The van der Waals surface area contributed by atoms with Crippen LogP contribution in [0, 0.1) is 6.92 Å². The Morgan fingerprint density at radius 3 is 2.71 bits per heavy atom. The Morgan fingerprint density at radius 2 is 2.10 bits per heavy atom. The number of carbonyl (C=O) groups is 2. The van der Waals surface area contributed by atoms with E-state index in [-0.39, 0.29) is 29.9 Å². The lowest BCUT2D eigenvalue weighted by molar-refractivity contribution is -0.162. The molecule has 3 unspecified atom stereocenters. The molecular formula is C16H22N2O3. The lowest BCUT2D eigenvalue weighted by Crippen LogP contribution is -2.62. The van der Waals surface area contributed by atoms with Crippen molar-refractivity contribution in [1.82, 2.24) is 9.80 Å². The predicted octanol–water partition coefficient (Wildman–Crippen LogP) is 2.26. The minimum absolute atomic E-state index is 0.0699. The highest BCUT2D eigenvalue weighted by molar-refractivity contribution is 5.97. The molecule has 0 saturated carbocycles. The maximum atomic E-state index is 12.8. The van der Waals surface area contributed by atoms with Gasteiger partial charge in [-0.15, -0.1) is 0 Å². The molecule has 2 aliphatic heterocycles. The Kier molecular flexibility index (Phi) is 3.51. The van der Waals surface area contributed by atoms with Gasteiger partial charge in [-0.05, 0) is 45.2 Å². The van der Waals surface area contributed by atoms with Crippen LogP contribution in [0.2, 0.25) is 0 Å². The first-order chi connectivity index (χ1) is 10.0. The molecule has 5 nitrogen and oxygen atoms in total. The minimum atomic E-state index is -0.368. The average Bonchev–Trinajstić information content (AvgIpc) is 3.10. The van der Waals surface area contributed by atoms with Crippen LogP contribution < -0.4 is 0 Å². The third kappa shape index (κ3) is 2.15. The molecule has 3 rings (SSSR count). The molecule has 0 aliphatic carbocycles. The first kappa shape index (κ1) is 14.2. The lowest BCUT2D eigenvalue weighted by Gasteiger charge is -2.44. The Bertz CT molecular complexity index is 566. The summed E-state index contributed by atoms with van der Waals surface area (Å²) in [7, 11) is 0. The Balaban J connectivity index is 1.94. The van der Waals surface area contributed by atoms with Gasteiger partial charge in [0, 0.05) is 6.54 Å². The molecule has 0 aromatic carbocycles. The second kappa shape index (κ2) is 5.20. The molecule has 3 heterocycles. The monoisotopic (exact) mass is 290 g/mol. The van der Waals surface area contributed by atoms with E-state index in [1.807, 2.05) is 32.9 Å². The normalized spacial score (nSPS) is 27.2. The van der Waals surface area contributed by atoms with Crippen molar-refractivity contribution < 1.29 is 14.0 Å². The van der Waals surface area contributed by atoms with Crippen molar-refractivity contribution in [3.05, 3.63) is 23.7 Å². The molecule has 2 fully saturated rings. The number of amides is 2. The summed E-state index contributed by atoms with van der Waals surface area (Å²) in [6.45, 7) is 6.50. The van der Waals surface area contributed by atoms with Crippen LogP contribution in [-0.2, 0) is 9.59 Å². The molecule has 0 bridgehead atoms. The van der Waals surface area contributed by atoms with Crippen LogP contribution in [0.15, 0.2) is 16.5 Å². The van der Waals surface area contributed by atoms with Gasteiger partial charge in [0.2, 0.25) is 11.8 Å². The molecule has 114 valence electrons. The SMILES string of the molecule is CCC1C(=O)N2CCCC2C(=O)N1C(C)c1ccc(C)o1. The summed E-state index contributed by atoms with van der Waals surface area (Å²) < 4.78 is 5.67. The highest BCUT2D eigenvalue weighted by atomic mass is 16.3. The topological polar surface area (TPSA) is 53.8 Å². The smallest absolute Gasteiger partial charge is 0.246 e. The number of furan rings is 1. The van der Waals surface area contributed by atoms with E-state index in [4.69, 9.17) is 4.42 Å². The van der Waals surface area contributed by atoms with Crippen LogP contribution in [0.4, 0.5) is 0 Å². The summed E-state index contributed by atoms with van der Waals surface area (Å²) in [5.74, 6) is 1.73. The summed E-state index contributed by atoms with van der Waals surface area (Å²) in [5, 5.41) is 0. The number of nitrogens with zero attached hydrogens (tertiary/aromatic N) is 2. The van der Waals surface area contributed by atoms with Crippen LogP contribution >= 0.6 is 0 Å². The zero-order valence-corrected chi connectivity index (χ0v) is 12.8. The first-order valence-corrected chi connectivity index (χ1v) is 7.73. The molecule has 1 aromatic heterocycles. The van der Waals surface area contributed by atoms with Crippen molar-refractivity contribution in [2.45, 2.75) is 58.2 Å². The molecule has 2 aliphatic rings. The van der Waals surface area contributed by atoms with Crippen molar-refractivity contribution in [1.29, 1.82) is 0 Å². The van der Waals surface area contributed by atoms with Crippen LogP contribution in [0.25, 0.3) is 0 Å². The van der Waals surface area contributed by atoms with Crippen molar-refractivity contribution >= 4 is 11.8 Å². The maximum absolute atomic E-state index is 12.8. The van der Waals surface area contributed by atoms with Crippen LogP contribution in [0.1, 0.15) is 50.7 Å². The molecule has 1 aromatic rings. The Labute approximate surface area is 124 Å². The zero-order chi connectivity index (χ0) is 15.1. The van der Waals surface area contributed by atoms with Crippen molar-refractivity contribution in [3.8, 4) is 0 Å². The molecule has 0 radical (unpaired) electrons. The summed E-state index contributed by atoms with van der Waals surface area (Å²) >= 11 is 0. The van der Waals surface area contributed by atoms with Crippen LogP contribution in [0.5, 0.6) is 0 Å². The predicted molar refractivity (Wildman–Crippen MR) is 77.5 cm³/mol. The fourth-order valence-electron chi connectivity index (χ4n) is 3.57. The van der Waals surface area contributed by atoms with Crippen LogP contribution in [-0.4, -0.2) is 40.2 Å². The number of fused-ring (bicyclic) bond motifs is 1. The van der Waals surface area contributed by atoms with E-state index in [0.717, 1.165) is 24.4 Å². The van der Waals surface area contributed by atoms with Gasteiger partial charge in [0.15, 0.2) is 0 Å². The van der Waals surface area contributed by atoms with E-state index in [1.165, 1.54) is 0 Å². The zero-order valence-electron chi connectivity index (χ0n) is 12.8. The number of hydrogen-bond acceptors (Lipinski definition) is 3. The van der Waals surface area contributed by atoms with E-state index in [0.29, 0.717) is 13.0 Å². The van der Waals surface area contributed by atoms with E-state index < -0.39 is 0 Å². The molecule has 5 heteroatoms. The number of carbonyl (C=O) groups excluding carboxylic acids is 2. The molecule has 0 N–H and O–H groups in total. The van der Waals surface area contributed by atoms with Gasteiger partial charge in [0.1, 0.15) is 23.6 Å².